The molecule has 1 saturated carbocycles. The predicted octanol–water partition coefficient (Wildman–Crippen LogP) is 2.43. The zero-order valence-electron chi connectivity index (χ0n) is 18.2. The van der Waals surface area contributed by atoms with Crippen molar-refractivity contribution in [1.82, 2.24) is 14.1 Å². The third kappa shape index (κ3) is 4.79. The molecule has 0 bridgehead atoms. The first-order valence-electron chi connectivity index (χ1n) is 11.5. The Balaban J connectivity index is 1.38. The number of benzene rings is 1. The van der Waals surface area contributed by atoms with Crippen LogP contribution in [0.4, 0.5) is 0 Å². The van der Waals surface area contributed by atoms with Crippen molar-refractivity contribution in [3.63, 3.8) is 0 Å². The van der Waals surface area contributed by atoms with E-state index < -0.39 is 10.0 Å². The molecule has 0 unspecified atom stereocenters. The molecule has 0 radical (unpaired) electrons. The second-order valence-corrected chi connectivity index (χ2v) is 10.9. The van der Waals surface area contributed by atoms with E-state index in [2.05, 4.69) is 16.7 Å². The zero-order valence-corrected chi connectivity index (χ0v) is 19.1. The lowest BCUT2D eigenvalue weighted by Gasteiger charge is -2.41. The van der Waals surface area contributed by atoms with Crippen molar-refractivity contribution in [3.8, 4) is 6.07 Å². The van der Waals surface area contributed by atoms with E-state index in [0.717, 1.165) is 45.3 Å². The minimum absolute atomic E-state index is 0.0859. The van der Waals surface area contributed by atoms with Gasteiger partial charge in [-0.25, -0.2) is 8.42 Å². The number of nitriles is 1. The van der Waals surface area contributed by atoms with E-state index in [9.17, 15) is 13.2 Å². The Kier molecular flexibility index (Phi) is 6.65. The Morgan fingerprint density at radius 2 is 1.58 bits per heavy atom. The Labute approximate surface area is 185 Å². The van der Waals surface area contributed by atoms with Gasteiger partial charge in [-0.2, -0.15) is 9.57 Å². The molecule has 2 heterocycles. The number of sulfonamides is 1. The first kappa shape index (κ1) is 22.3. The molecule has 1 aromatic rings. The van der Waals surface area contributed by atoms with Gasteiger partial charge < -0.3 is 9.80 Å². The van der Waals surface area contributed by atoms with Gasteiger partial charge in [-0.1, -0.05) is 6.92 Å². The molecule has 3 aliphatic rings. The Morgan fingerprint density at radius 1 is 1.00 bits per heavy atom. The van der Waals surface area contributed by atoms with Crippen molar-refractivity contribution in [2.45, 2.75) is 62.4 Å². The smallest absolute Gasteiger partial charge is 0.243 e. The summed E-state index contributed by atoms with van der Waals surface area (Å²) < 4.78 is 27.4. The first-order valence-corrected chi connectivity index (χ1v) is 12.9. The lowest BCUT2D eigenvalue weighted by molar-refractivity contribution is -0.141. The molecule has 1 aromatic carbocycles. The fourth-order valence-electron chi connectivity index (χ4n) is 4.93. The summed E-state index contributed by atoms with van der Waals surface area (Å²) >= 11 is 0. The van der Waals surface area contributed by atoms with Gasteiger partial charge in [-0.05, 0) is 69.3 Å². The van der Waals surface area contributed by atoms with Crippen LogP contribution < -0.4 is 0 Å². The molecule has 2 saturated heterocycles. The van der Waals surface area contributed by atoms with Gasteiger partial charge in [0.1, 0.15) is 0 Å². The third-order valence-electron chi connectivity index (χ3n) is 7.02. The highest BCUT2D eigenvalue weighted by Crippen LogP contribution is 2.35. The molecule has 0 N–H and O–H groups in total. The quantitative estimate of drug-likeness (QED) is 0.673. The largest absolute Gasteiger partial charge is 0.336 e. The summed E-state index contributed by atoms with van der Waals surface area (Å²) in [6.45, 7) is 6.09. The summed E-state index contributed by atoms with van der Waals surface area (Å²) in [4.78, 5) is 18.3. The van der Waals surface area contributed by atoms with Gasteiger partial charge in [0.2, 0.25) is 15.9 Å². The number of nitrogens with zero attached hydrogens (tertiary/aromatic N) is 4. The summed E-state index contributed by atoms with van der Waals surface area (Å²) in [5, 5.41) is 8.92. The van der Waals surface area contributed by atoms with E-state index in [-0.39, 0.29) is 16.7 Å². The zero-order chi connectivity index (χ0) is 22.0. The van der Waals surface area contributed by atoms with E-state index >= 15 is 0 Å². The Morgan fingerprint density at radius 3 is 2.10 bits per heavy atom. The molecule has 4 rings (SSSR count). The van der Waals surface area contributed by atoms with E-state index in [1.54, 1.807) is 0 Å². The van der Waals surface area contributed by atoms with E-state index in [0.29, 0.717) is 43.6 Å². The molecule has 1 amide bonds. The lowest BCUT2D eigenvalue weighted by atomic mass is 9.94. The highest BCUT2D eigenvalue weighted by molar-refractivity contribution is 7.89. The summed E-state index contributed by atoms with van der Waals surface area (Å²) in [5.74, 6) is 0.157. The average Bonchev–Trinajstić information content (AvgIpc) is 3.65. The van der Waals surface area contributed by atoms with Crippen LogP contribution in [0.15, 0.2) is 29.2 Å². The number of piperidine rings is 2. The molecule has 2 aliphatic heterocycles. The highest BCUT2D eigenvalue weighted by Gasteiger charge is 2.42. The second kappa shape index (κ2) is 9.27. The number of likely N-dealkylation sites (tertiary alicyclic amines) is 1. The fourth-order valence-corrected chi connectivity index (χ4v) is 6.40. The van der Waals surface area contributed by atoms with E-state index in [4.69, 9.17) is 5.26 Å². The van der Waals surface area contributed by atoms with Crippen molar-refractivity contribution in [2.75, 3.05) is 32.7 Å². The number of carbonyl (C=O) groups is 1. The monoisotopic (exact) mass is 444 g/mol. The minimum Gasteiger partial charge on any atom is -0.336 e. The predicted molar refractivity (Wildman–Crippen MR) is 118 cm³/mol. The van der Waals surface area contributed by atoms with Crippen LogP contribution in [0.1, 0.15) is 51.0 Å². The van der Waals surface area contributed by atoms with Crippen LogP contribution in [0.3, 0.4) is 0 Å². The second-order valence-electron chi connectivity index (χ2n) is 8.96. The minimum atomic E-state index is -3.60. The lowest BCUT2D eigenvalue weighted by Crippen LogP contribution is -2.51. The summed E-state index contributed by atoms with van der Waals surface area (Å²) in [5.41, 5.74) is 0.438. The molecule has 31 heavy (non-hydrogen) atoms. The molecule has 3 fully saturated rings. The van der Waals surface area contributed by atoms with Crippen LogP contribution in [0.25, 0.3) is 0 Å². The van der Waals surface area contributed by atoms with Crippen molar-refractivity contribution < 1.29 is 13.2 Å². The van der Waals surface area contributed by atoms with Crippen molar-refractivity contribution >= 4 is 15.9 Å². The number of carbonyl (C=O) groups excluding carboxylic acids is 1. The number of hydrogen-bond acceptors (Lipinski definition) is 5. The Hall–Kier alpha value is -1.95. The molecule has 1 aliphatic carbocycles. The van der Waals surface area contributed by atoms with Crippen molar-refractivity contribution in [1.29, 1.82) is 5.26 Å². The normalized spacial score (nSPS) is 22.2. The Bertz CT molecular complexity index is 921. The number of hydrogen-bond donors (Lipinski definition) is 0. The van der Waals surface area contributed by atoms with Crippen LogP contribution >= 0.6 is 0 Å². The van der Waals surface area contributed by atoms with Gasteiger partial charge in [0.05, 0.1) is 16.5 Å². The van der Waals surface area contributed by atoms with Crippen LogP contribution in [0.5, 0.6) is 0 Å². The van der Waals surface area contributed by atoms with Gasteiger partial charge in [-0.15, -0.1) is 0 Å². The standard InChI is InChI=1S/C23H32N4O3S/c1-2-25-13-11-21(12-14-25)27(20-5-6-20)23(28)19-9-15-26(16-10-19)31(29,30)22-7-3-18(17-24)4-8-22/h3-4,7-8,19-21H,2,5-6,9-16H2,1H3. The van der Waals surface area contributed by atoms with Crippen LogP contribution in [-0.2, 0) is 14.8 Å². The first-order chi connectivity index (χ1) is 14.9. The highest BCUT2D eigenvalue weighted by atomic mass is 32.2. The van der Waals surface area contributed by atoms with Gasteiger partial charge in [0, 0.05) is 44.2 Å². The molecule has 8 heteroatoms. The molecular weight excluding hydrogens is 412 g/mol. The summed E-state index contributed by atoms with van der Waals surface area (Å²) in [6.07, 6.45) is 5.44. The maximum absolute atomic E-state index is 13.4. The topological polar surface area (TPSA) is 84.7 Å². The van der Waals surface area contributed by atoms with Crippen LogP contribution in [-0.4, -0.2) is 73.2 Å². The molecule has 0 spiro atoms. The molecular formula is C23H32N4O3S. The van der Waals surface area contributed by atoms with Crippen molar-refractivity contribution in [3.05, 3.63) is 29.8 Å². The van der Waals surface area contributed by atoms with Crippen LogP contribution in [0, 0.1) is 17.2 Å². The number of rotatable bonds is 6. The summed E-state index contributed by atoms with van der Waals surface area (Å²) in [6, 6.07) is 8.77. The van der Waals surface area contributed by atoms with E-state index in [1.165, 1.54) is 28.6 Å². The maximum atomic E-state index is 13.4. The third-order valence-corrected chi connectivity index (χ3v) is 8.93. The SMILES string of the molecule is CCN1CCC(N(C(=O)C2CCN(S(=O)(=O)c3ccc(C#N)cc3)CC2)C2CC2)CC1. The number of amides is 1. The van der Waals surface area contributed by atoms with Gasteiger partial charge in [0.15, 0.2) is 0 Å². The van der Waals surface area contributed by atoms with Crippen LogP contribution in [0.2, 0.25) is 0 Å². The van der Waals surface area contributed by atoms with Gasteiger partial charge in [0.25, 0.3) is 0 Å². The van der Waals surface area contributed by atoms with E-state index in [1.807, 2.05) is 6.07 Å². The fraction of sp³-hybridized carbons (Fsp3) is 0.652. The average molecular weight is 445 g/mol. The van der Waals surface area contributed by atoms with Gasteiger partial charge >= 0.3 is 0 Å². The van der Waals surface area contributed by atoms with Crippen molar-refractivity contribution in [2.24, 2.45) is 5.92 Å². The molecule has 7 nitrogen and oxygen atoms in total. The maximum Gasteiger partial charge on any atom is 0.243 e. The molecule has 0 aromatic heterocycles. The van der Waals surface area contributed by atoms with Gasteiger partial charge in [-0.3, -0.25) is 4.79 Å². The molecule has 168 valence electrons. The summed E-state index contributed by atoms with van der Waals surface area (Å²) in [7, 11) is -3.60. The molecule has 0 atom stereocenters.